The number of carboxylic acids is 1. The number of aromatic nitrogens is 2. The predicted molar refractivity (Wildman–Crippen MR) is 76.9 cm³/mol. The average molecular weight is 293 g/mol. The fourth-order valence-electron chi connectivity index (χ4n) is 1.67. The van der Waals surface area contributed by atoms with Crippen LogP contribution in [0, 0.1) is 13.8 Å². The maximum absolute atomic E-state index is 11.4. The third-order valence-corrected chi connectivity index (χ3v) is 3.73. The highest BCUT2D eigenvalue weighted by Crippen LogP contribution is 2.22. The smallest absolute Gasteiger partial charge is 0.322 e. The van der Waals surface area contributed by atoms with E-state index in [0.717, 1.165) is 11.0 Å². The number of aryl methyl sites for hydroxylation is 2. The summed E-state index contributed by atoms with van der Waals surface area (Å²) in [6.45, 7) is 3.69. The van der Waals surface area contributed by atoms with Gasteiger partial charge in [0, 0.05) is 0 Å². The van der Waals surface area contributed by atoms with Crippen LogP contribution in [0.25, 0.3) is 11.0 Å². The number of hydrogen-bond acceptors (Lipinski definition) is 4. The fourth-order valence-corrected chi connectivity index (χ4v) is 2.39. The van der Waals surface area contributed by atoms with Gasteiger partial charge in [-0.25, -0.2) is 4.98 Å². The quantitative estimate of drug-likeness (QED) is 0.726. The van der Waals surface area contributed by atoms with E-state index in [1.54, 1.807) is 0 Å². The molecule has 0 radical (unpaired) electrons. The van der Waals surface area contributed by atoms with E-state index >= 15 is 0 Å². The molecule has 6 nitrogen and oxygen atoms in total. The number of carboxylic acid groups (broad SMARTS) is 1. The van der Waals surface area contributed by atoms with E-state index in [2.05, 4.69) is 15.3 Å². The highest BCUT2D eigenvalue weighted by molar-refractivity contribution is 7.99. The van der Waals surface area contributed by atoms with Crippen LogP contribution in [0.15, 0.2) is 17.3 Å². The van der Waals surface area contributed by atoms with E-state index in [0.29, 0.717) is 5.16 Å². The van der Waals surface area contributed by atoms with Gasteiger partial charge in [0.1, 0.15) is 6.54 Å². The fraction of sp³-hybridized carbons (Fsp3) is 0.308. The average Bonchev–Trinajstić information content (AvgIpc) is 2.76. The lowest BCUT2D eigenvalue weighted by Gasteiger charge is -1.99. The van der Waals surface area contributed by atoms with Crippen molar-refractivity contribution in [3.8, 4) is 0 Å². The second kappa shape index (κ2) is 5.96. The first-order valence-corrected chi connectivity index (χ1v) is 7.02. The van der Waals surface area contributed by atoms with Crippen molar-refractivity contribution in [2.24, 2.45) is 0 Å². The molecule has 7 heteroatoms. The predicted octanol–water partition coefficient (Wildman–Crippen LogP) is 1.47. The summed E-state index contributed by atoms with van der Waals surface area (Å²) in [5.41, 5.74) is 4.14. The molecule has 0 aliphatic heterocycles. The molecule has 0 saturated heterocycles. The van der Waals surface area contributed by atoms with Crippen LogP contribution in [0.5, 0.6) is 0 Å². The molecule has 1 heterocycles. The van der Waals surface area contributed by atoms with Crippen molar-refractivity contribution < 1.29 is 14.7 Å². The topological polar surface area (TPSA) is 95.1 Å². The summed E-state index contributed by atoms with van der Waals surface area (Å²) in [4.78, 5) is 29.3. The van der Waals surface area contributed by atoms with Gasteiger partial charge in [-0.15, -0.1) is 0 Å². The molecule has 1 amide bonds. The highest BCUT2D eigenvalue weighted by atomic mass is 32.2. The third kappa shape index (κ3) is 3.51. The minimum atomic E-state index is -1.06. The molecule has 1 aromatic heterocycles. The molecule has 106 valence electrons. The summed E-state index contributed by atoms with van der Waals surface area (Å²) in [5, 5.41) is 11.4. The Morgan fingerprint density at radius 1 is 1.35 bits per heavy atom. The SMILES string of the molecule is Cc1cc2nc(SCC(=O)NCC(=O)O)[nH]c2cc1C. The van der Waals surface area contributed by atoms with E-state index in [1.165, 1.54) is 22.9 Å². The van der Waals surface area contributed by atoms with Gasteiger partial charge in [0.15, 0.2) is 5.16 Å². The highest BCUT2D eigenvalue weighted by Gasteiger charge is 2.09. The molecule has 1 aromatic carbocycles. The summed E-state index contributed by atoms with van der Waals surface area (Å²) in [6, 6.07) is 4.02. The van der Waals surface area contributed by atoms with Crippen molar-refractivity contribution in [1.29, 1.82) is 0 Å². The van der Waals surface area contributed by atoms with Gasteiger partial charge in [0.2, 0.25) is 5.91 Å². The van der Waals surface area contributed by atoms with Crippen LogP contribution in [0.4, 0.5) is 0 Å². The number of carbonyl (C=O) groups excluding carboxylic acids is 1. The van der Waals surface area contributed by atoms with Gasteiger partial charge in [-0.1, -0.05) is 11.8 Å². The van der Waals surface area contributed by atoms with Crippen LogP contribution in [0.1, 0.15) is 11.1 Å². The summed E-state index contributed by atoms with van der Waals surface area (Å²) in [5.74, 6) is -1.26. The van der Waals surface area contributed by atoms with E-state index in [9.17, 15) is 9.59 Å². The van der Waals surface area contributed by atoms with Crippen LogP contribution in [0.2, 0.25) is 0 Å². The number of thioether (sulfide) groups is 1. The molecule has 0 bridgehead atoms. The van der Waals surface area contributed by atoms with Crippen molar-refractivity contribution >= 4 is 34.7 Å². The number of fused-ring (bicyclic) bond motifs is 1. The molecule has 0 fully saturated rings. The monoisotopic (exact) mass is 293 g/mol. The Hall–Kier alpha value is -2.02. The molecule has 0 unspecified atom stereocenters. The van der Waals surface area contributed by atoms with Crippen molar-refractivity contribution in [3.63, 3.8) is 0 Å². The molecular formula is C13H15N3O3S. The zero-order valence-electron chi connectivity index (χ0n) is 11.2. The Labute approximate surface area is 120 Å². The standard InChI is InChI=1S/C13H15N3O3S/c1-7-3-9-10(4-8(7)2)16-13(15-9)20-6-11(17)14-5-12(18)19/h3-4H,5-6H2,1-2H3,(H,14,17)(H,15,16)(H,18,19). The Balaban J connectivity index is 2.00. The largest absolute Gasteiger partial charge is 0.480 e. The van der Waals surface area contributed by atoms with Crippen LogP contribution >= 0.6 is 11.8 Å². The van der Waals surface area contributed by atoms with Gasteiger partial charge < -0.3 is 15.4 Å². The first kappa shape index (κ1) is 14.4. The zero-order valence-corrected chi connectivity index (χ0v) is 12.0. The lowest BCUT2D eigenvalue weighted by molar-refractivity contribution is -0.137. The second-order valence-electron chi connectivity index (χ2n) is 4.45. The van der Waals surface area contributed by atoms with Crippen molar-refractivity contribution in [3.05, 3.63) is 23.3 Å². The first-order chi connectivity index (χ1) is 9.45. The van der Waals surface area contributed by atoms with E-state index < -0.39 is 5.97 Å². The molecule has 20 heavy (non-hydrogen) atoms. The number of aromatic amines is 1. The molecule has 0 spiro atoms. The first-order valence-electron chi connectivity index (χ1n) is 6.04. The number of aliphatic carboxylic acids is 1. The molecule has 0 aliphatic rings. The van der Waals surface area contributed by atoms with Crippen LogP contribution < -0.4 is 5.32 Å². The molecule has 0 saturated carbocycles. The number of imidazole rings is 1. The molecule has 3 N–H and O–H groups in total. The maximum Gasteiger partial charge on any atom is 0.322 e. The van der Waals surface area contributed by atoms with Gasteiger partial charge >= 0.3 is 5.97 Å². The Bertz CT molecular complexity index is 627. The van der Waals surface area contributed by atoms with Crippen molar-refractivity contribution in [2.75, 3.05) is 12.3 Å². The summed E-state index contributed by atoms with van der Waals surface area (Å²) < 4.78 is 0. The number of benzene rings is 1. The number of amides is 1. The number of rotatable bonds is 5. The van der Waals surface area contributed by atoms with E-state index in [1.807, 2.05) is 26.0 Å². The lowest BCUT2D eigenvalue weighted by atomic mass is 10.1. The van der Waals surface area contributed by atoms with Crippen molar-refractivity contribution in [2.45, 2.75) is 19.0 Å². The van der Waals surface area contributed by atoms with E-state index in [4.69, 9.17) is 5.11 Å². The van der Waals surface area contributed by atoms with Gasteiger partial charge in [-0.05, 0) is 37.1 Å². The van der Waals surface area contributed by atoms with Crippen molar-refractivity contribution in [1.82, 2.24) is 15.3 Å². The molecule has 2 aromatic rings. The Morgan fingerprint density at radius 3 is 2.75 bits per heavy atom. The van der Waals surface area contributed by atoms with Crippen LogP contribution in [-0.4, -0.2) is 39.2 Å². The van der Waals surface area contributed by atoms with Gasteiger partial charge in [-0.2, -0.15) is 0 Å². The molecule has 0 aliphatic carbocycles. The minimum absolute atomic E-state index is 0.130. The number of carbonyl (C=O) groups is 2. The number of nitrogens with zero attached hydrogens (tertiary/aromatic N) is 1. The zero-order chi connectivity index (χ0) is 14.7. The summed E-state index contributed by atoms with van der Waals surface area (Å²) in [7, 11) is 0. The minimum Gasteiger partial charge on any atom is -0.480 e. The lowest BCUT2D eigenvalue weighted by Crippen LogP contribution is -2.30. The number of nitrogens with one attached hydrogen (secondary N) is 2. The third-order valence-electron chi connectivity index (χ3n) is 2.85. The van der Waals surface area contributed by atoms with Gasteiger partial charge in [0.05, 0.1) is 16.8 Å². The normalized spacial score (nSPS) is 10.7. The van der Waals surface area contributed by atoms with Crippen LogP contribution in [-0.2, 0) is 9.59 Å². The maximum atomic E-state index is 11.4. The number of H-pyrrole nitrogens is 1. The molecule has 2 rings (SSSR count). The summed E-state index contributed by atoms with van der Waals surface area (Å²) >= 11 is 1.25. The number of hydrogen-bond donors (Lipinski definition) is 3. The molecule has 0 atom stereocenters. The molecular weight excluding hydrogens is 278 g/mol. The van der Waals surface area contributed by atoms with Gasteiger partial charge in [0.25, 0.3) is 0 Å². The Morgan fingerprint density at radius 2 is 2.05 bits per heavy atom. The van der Waals surface area contributed by atoms with Gasteiger partial charge in [-0.3, -0.25) is 9.59 Å². The second-order valence-corrected chi connectivity index (χ2v) is 5.42. The Kier molecular flexibility index (Phi) is 4.29. The van der Waals surface area contributed by atoms with E-state index in [-0.39, 0.29) is 18.2 Å². The van der Waals surface area contributed by atoms with Crippen LogP contribution in [0.3, 0.4) is 0 Å². The summed E-state index contributed by atoms with van der Waals surface area (Å²) in [6.07, 6.45) is 0.